The van der Waals surface area contributed by atoms with E-state index >= 15 is 0 Å². The molecule has 3 nitrogen and oxygen atoms in total. The van der Waals surface area contributed by atoms with E-state index in [1.807, 2.05) is 39.8 Å². The Labute approximate surface area is 103 Å². The highest BCUT2D eigenvalue weighted by Crippen LogP contribution is 2.21. The van der Waals surface area contributed by atoms with Crippen LogP contribution in [0.25, 0.3) is 0 Å². The van der Waals surface area contributed by atoms with E-state index in [-0.39, 0.29) is 11.9 Å². The van der Waals surface area contributed by atoms with Crippen LogP contribution in [0.5, 0.6) is 5.75 Å². The number of aryl methyl sites for hydroxylation is 1. The van der Waals surface area contributed by atoms with Crippen molar-refractivity contribution in [2.75, 3.05) is 0 Å². The molecule has 0 aliphatic heterocycles. The van der Waals surface area contributed by atoms with Crippen molar-refractivity contribution in [3.63, 3.8) is 0 Å². The predicted octanol–water partition coefficient (Wildman–Crippen LogP) is 3.58. The molecular weight excluding hydrogens is 216 g/mol. The van der Waals surface area contributed by atoms with Crippen molar-refractivity contribution in [3.05, 3.63) is 29.3 Å². The third kappa shape index (κ3) is 3.48. The summed E-state index contributed by atoms with van der Waals surface area (Å²) in [6.07, 6.45) is 1.54. The number of rotatable bonds is 5. The fourth-order valence-corrected chi connectivity index (χ4v) is 1.59. The van der Waals surface area contributed by atoms with E-state index in [0.29, 0.717) is 5.75 Å². The summed E-state index contributed by atoms with van der Waals surface area (Å²) < 4.78 is 0. The minimum atomic E-state index is -0.295. The van der Waals surface area contributed by atoms with Crippen LogP contribution in [-0.2, 0) is 9.68 Å². The van der Waals surface area contributed by atoms with Gasteiger partial charge in [-0.2, -0.15) is 0 Å². The molecular formula is C14H20O3. The lowest BCUT2D eigenvalue weighted by atomic mass is 10.0. The van der Waals surface area contributed by atoms with Gasteiger partial charge in [-0.25, -0.2) is 4.79 Å². The summed E-state index contributed by atoms with van der Waals surface area (Å²) in [5, 5.41) is 0. The molecule has 0 amide bonds. The van der Waals surface area contributed by atoms with Crippen LogP contribution in [0.3, 0.4) is 0 Å². The van der Waals surface area contributed by atoms with Gasteiger partial charge in [0.15, 0.2) is 5.75 Å². The molecule has 0 heterocycles. The molecule has 0 fully saturated rings. The van der Waals surface area contributed by atoms with E-state index in [1.54, 1.807) is 6.07 Å². The van der Waals surface area contributed by atoms with E-state index in [1.165, 1.54) is 0 Å². The molecule has 0 N–H and O–H groups in total. The second-order valence-corrected chi connectivity index (χ2v) is 4.20. The van der Waals surface area contributed by atoms with Gasteiger partial charge in [-0.3, -0.25) is 9.78 Å². The molecule has 0 aromatic heterocycles. The van der Waals surface area contributed by atoms with Gasteiger partial charge in [-0.15, -0.1) is 0 Å². The number of benzene rings is 1. The molecule has 0 bridgehead atoms. The van der Waals surface area contributed by atoms with Crippen molar-refractivity contribution in [1.29, 1.82) is 0 Å². The Balaban J connectivity index is 2.61. The SMILES string of the molecule is CCC(CC)C(=O)OOc1cccc(C)c1C. The van der Waals surface area contributed by atoms with E-state index in [0.717, 1.165) is 24.0 Å². The van der Waals surface area contributed by atoms with Crippen molar-refractivity contribution < 1.29 is 14.6 Å². The molecule has 0 unspecified atom stereocenters. The summed E-state index contributed by atoms with van der Waals surface area (Å²) >= 11 is 0. The smallest absolute Gasteiger partial charge is 0.287 e. The molecule has 0 saturated carbocycles. The van der Waals surface area contributed by atoms with Crippen LogP contribution in [0.2, 0.25) is 0 Å². The standard InChI is InChI=1S/C14H20O3/c1-5-12(6-2)14(15)17-16-13-9-7-8-10(3)11(13)4/h7-9,12H,5-6H2,1-4H3. The molecule has 0 radical (unpaired) electrons. The molecule has 0 aliphatic rings. The van der Waals surface area contributed by atoms with Crippen LogP contribution in [-0.4, -0.2) is 5.97 Å². The van der Waals surface area contributed by atoms with Crippen LogP contribution < -0.4 is 4.89 Å². The van der Waals surface area contributed by atoms with Gasteiger partial charge in [-0.05, 0) is 43.9 Å². The highest BCUT2D eigenvalue weighted by atomic mass is 17.2. The number of hydrogen-bond donors (Lipinski definition) is 0. The summed E-state index contributed by atoms with van der Waals surface area (Å²) in [4.78, 5) is 21.6. The molecule has 0 atom stereocenters. The zero-order valence-electron chi connectivity index (χ0n) is 10.9. The third-order valence-electron chi connectivity index (χ3n) is 3.09. The van der Waals surface area contributed by atoms with Gasteiger partial charge in [0, 0.05) is 0 Å². The zero-order valence-corrected chi connectivity index (χ0v) is 10.9. The first kappa shape index (κ1) is 13.6. The lowest BCUT2D eigenvalue weighted by Crippen LogP contribution is -2.18. The van der Waals surface area contributed by atoms with Gasteiger partial charge in [0.25, 0.3) is 0 Å². The average Bonchev–Trinajstić information content (AvgIpc) is 2.32. The van der Waals surface area contributed by atoms with Gasteiger partial charge < -0.3 is 0 Å². The normalized spacial score (nSPS) is 10.4. The Hall–Kier alpha value is -1.51. The molecule has 94 valence electrons. The summed E-state index contributed by atoms with van der Waals surface area (Å²) in [6, 6.07) is 5.66. The summed E-state index contributed by atoms with van der Waals surface area (Å²) in [5.41, 5.74) is 2.10. The van der Waals surface area contributed by atoms with Gasteiger partial charge in [0.05, 0.1) is 5.92 Å². The molecule has 1 aromatic rings. The maximum atomic E-state index is 11.6. The molecule has 0 aliphatic carbocycles. The van der Waals surface area contributed by atoms with E-state index in [9.17, 15) is 4.79 Å². The maximum absolute atomic E-state index is 11.6. The van der Waals surface area contributed by atoms with Crippen LogP contribution in [0.15, 0.2) is 18.2 Å². The fourth-order valence-electron chi connectivity index (χ4n) is 1.59. The summed E-state index contributed by atoms with van der Waals surface area (Å²) in [7, 11) is 0. The van der Waals surface area contributed by atoms with Gasteiger partial charge in [-0.1, -0.05) is 26.0 Å². The van der Waals surface area contributed by atoms with Crippen LogP contribution in [0, 0.1) is 19.8 Å². The maximum Gasteiger partial charge on any atom is 0.358 e. The van der Waals surface area contributed by atoms with Gasteiger partial charge in [0.1, 0.15) is 0 Å². The van der Waals surface area contributed by atoms with Crippen LogP contribution >= 0.6 is 0 Å². The molecule has 0 spiro atoms. The Morgan fingerprint density at radius 1 is 1.24 bits per heavy atom. The first-order chi connectivity index (χ1) is 8.10. The Bertz CT molecular complexity index is 381. The lowest BCUT2D eigenvalue weighted by Gasteiger charge is -2.12. The average molecular weight is 236 g/mol. The topological polar surface area (TPSA) is 35.5 Å². The van der Waals surface area contributed by atoms with E-state index < -0.39 is 0 Å². The van der Waals surface area contributed by atoms with Crippen LogP contribution in [0.1, 0.15) is 37.8 Å². The zero-order chi connectivity index (χ0) is 12.8. The largest absolute Gasteiger partial charge is 0.358 e. The van der Waals surface area contributed by atoms with Crippen molar-refractivity contribution in [2.45, 2.75) is 40.5 Å². The Morgan fingerprint density at radius 3 is 2.47 bits per heavy atom. The number of carbonyl (C=O) groups excluding carboxylic acids is 1. The molecule has 1 aromatic carbocycles. The first-order valence-corrected chi connectivity index (χ1v) is 6.04. The van der Waals surface area contributed by atoms with Gasteiger partial charge >= 0.3 is 5.97 Å². The molecule has 1 rings (SSSR count). The molecule has 3 heteroatoms. The minimum absolute atomic E-state index is 0.0832. The predicted molar refractivity (Wildman–Crippen MR) is 66.7 cm³/mol. The van der Waals surface area contributed by atoms with E-state index in [4.69, 9.17) is 9.78 Å². The second-order valence-electron chi connectivity index (χ2n) is 4.20. The van der Waals surface area contributed by atoms with Crippen molar-refractivity contribution >= 4 is 5.97 Å². The molecule has 0 saturated heterocycles. The Kier molecular flexibility index (Phi) is 5.01. The Morgan fingerprint density at radius 2 is 1.88 bits per heavy atom. The highest BCUT2D eigenvalue weighted by molar-refractivity contribution is 5.71. The van der Waals surface area contributed by atoms with Crippen molar-refractivity contribution in [3.8, 4) is 5.75 Å². The summed E-state index contributed by atoms with van der Waals surface area (Å²) in [5.74, 6) is 0.223. The number of hydrogen-bond acceptors (Lipinski definition) is 3. The third-order valence-corrected chi connectivity index (χ3v) is 3.09. The highest BCUT2D eigenvalue weighted by Gasteiger charge is 2.17. The first-order valence-electron chi connectivity index (χ1n) is 6.04. The van der Waals surface area contributed by atoms with Crippen molar-refractivity contribution in [1.82, 2.24) is 0 Å². The number of carbonyl (C=O) groups is 1. The van der Waals surface area contributed by atoms with E-state index in [2.05, 4.69) is 0 Å². The van der Waals surface area contributed by atoms with Crippen LogP contribution in [0.4, 0.5) is 0 Å². The lowest BCUT2D eigenvalue weighted by molar-refractivity contribution is -0.219. The monoisotopic (exact) mass is 236 g/mol. The van der Waals surface area contributed by atoms with Crippen molar-refractivity contribution in [2.24, 2.45) is 5.92 Å². The summed E-state index contributed by atoms with van der Waals surface area (Å²) in [6.45, 7) is 7.86. The minimum Gasteiger partial charge on any atom is -0.287 e. The fraction of sp³-hybridized carbons (Fsp3) is 0.500. The quantitative estimate of drug-likeness (QED) is 0.579. The second kappa shape index (κ2) is 6.28. The van der Waals surface area contributed by atoms with Gasteiger partial charge in [0.2, 0.25) is 0 Å². The molecule has 17 heavy (non-hydrogen) atoms.